The Bertz CT molecular complexity index is 275. The molecule has 1 rings (SSSR count). The first-order valence-corrected chi connectivity index (χ1v) is 5.83. The molecule has 0 aromatic rings. The predicted octanol–water partition coefficient (Wildman–Crippen LogP) is 1.51. The monoisotopic (exact) mass is 227 g/mol. The minimum Gasteiger partial charge on any atom is -0.324 e. The minimum atomic E-state index is -0.330. The lowest BCUT2D eigenvalue weighted by Crippen LogP contribution is -2.46. The lowest BCUT2D eigenvalue weighted by Gasteiger charge is -2.31. The molecular weight excluding hydrogens is 202 g/mol. The van der Waals surface area contributed by atoms with Crippen LogP contribution < -0.4 is 5.73 Å². The Hall–Kier alpha value is -0.770. The van der Waals surface area contributed by atoms with Gasteiger partial charge in [-0.1, -0.05) is 20.8 Å². The molecule has 4 nitrogen and oxygen atoms in total. The maximum Gasteiger partial charge on any atom is 0.320 e. The van der Waals surface area contributed by atoms with E-state index in [0.29, 0.717) is 6.54 Å². The molecule has 0 aliphatic carbocycles. The molecule has 1 atom stereocenters. The van der Waals surface area contributed by atoms with Crippen molar-refractivity contribution in [2.45, 2.75) is 46.2 Å². The number of hydrogen-bond donors (Lipinski definition) is 1. The molecule has 2 N–H and O–H groups in total. The van der Waals surface area contributed by atoms with Crippen LogP contribution in [0.15, 0.2) is 0 Å². The Kier molecular flexibility index (Phi) is 3.25. The highest BCUT2D eigenvalue weighted by atomic mass is 16.2. The fourth-order valence-corrected chi connectivity index (χ4v) is 2.24. The van der Waals surface area contributed by atoms with E-state index in [1.54, 1.807) is 0 Å². The van der Waals surface area contributed by atoms with Crippen molar-refractivity contribution in [3.8, 4) is 0 Å². The van der Waals surface area contributed by atoms with Crippen molar-refractivity contribution in [3.63, 3.8) is 0 Å². The second kappa shape index (κ2) is 3.91. The van der Waals surface area contributed by atoms with E-state index in [2.05, 4.69) is 20.8 Å². The minimum absolute atomic E-state index is 0.0958. The standard InChI is InChI=1S/C12H25N3O/c1-11(2,3)9-7-15(8-12(4,5)13)10(16)14(9)6/h9H,7-8,13H2,1-6H3. The molecule has 0 aromatic heterocycles. The molecule has 1 aliphatic rings. The molecule has 1 fully saturated rings. The van der Waals surface area contributed by atoms with Crippen LogP contribution in [0.4, 0.5) is 4.79 Å². The highest BCUT2D eigenvalue weighted by Crippen LogP contribution is 2.29. The van der Waals surface area contributed by atoms with E-state index in [0.717, 1.165) is 6.54 Å². The number of hydrogen-bond acceptors (Lipinski definition) is 2. The highest BCUT2D eigenvalue weighted by molar-refractivity contribution is 5.77. The van der Waals surface area contributed by atoms with Crippen molar-refractivity contribution >= 4 is 6.03 Å². The van der Waals surface area contributed by atoms with Crippen LogP contribution in [0.25, 0.3) is 0 Å². The van der Waals surface area contributed by atoms with Gasteiger partial charge in [0.1, 0.15) is 0 Å². The van der Waals surface area contributed by atoms with E-state index >= 15 is 0 Å². The fraction of sp³-hybridized carbons (Fsp3) is 0.917. The molecule has 0 spiro atoms. The number of urea groups is 1. The Morgan fingerprint density at radius 2 is 1.81 bits per heavy atom. The lowest BCUT2D eigenvalue weighted by atomic mass is 9.86. The second-order valence-corrected chi connectivity index (χ2v) is 6.64. The van der Waals surface area contributed by atoms with Gasteiger partial charge >= 0.3 is 6.03 Å². The quantitative estimate of drug-likeness (QED) is 0.777. The molecule has 1 saturated heterocycles. The van der Waals surface area contributed by atoms with Gasteiger partial charge in [0.2, 0.25) is 0 Å². The van der Waals surface area contributed by atoms with Crippen molar-refractivity contribution in [1.82, 2.24) is 9.80 Å². The van der Waals surface area contributed by atoms with Gasteiger partial charge in [-0.3, -0.25) is 0 Å². The smallest absolute Gasteiger partial charge is 0.320 e. The molecule has 0 radical (unpaired) electrons. The van der Waals surface area contributed by atoms with Crippen LogP contribution in [0.2, 0.25) is 0 Å². The van der Waals surface area contributed by atoms with Crippen LogP contribution in [-0.4, -0.2) is 47.5 Å². The zero-order valence-electron chi connectivity index (χ0n) is 11.4. The Morgan fingerprint density at radius 1 is 1.31 bits per heavy atom. The molecular formula is C12H25N3O. The van der Waals surface area contributed by atoms with Gasteiger partial charge in [0, 0.05) is 25.7 Å². The van der Waals surface area contributed by atoms with E-state index in [1.165, 1.54) is 0 Å². The molecule has 0 bridgehead atoms. The number of nitrogens with two attached hydrogens (primary N) is 1. The van der Waals surface area contributed by atoms with Crippen LogP contribution in [0.3, 0.4) is 0 Å². The van der Waals surface area contributed by atoms with Gasteiger partial charge in [-0.15, -0.1) is 0 Å². The summed E-state index contributed by atoms with van der Waals surface area (Å²) in [5, 5.41) is 0. The highest BCUT2D eigenvalue weighted by Gasteiger charge is 2.41. The average molecular weight is 227 g/mol. The van der Waals surface area contributed by atoms with E-state index < -0.39 is 0 Å². The Morgan fingerprint density at radius 3 is 2.12 bits per heavy atom. The molecule has 16 heavy (non-hydrogen) atoms. The maximum absolute atomic E-state index is 12.0. The van der Waals surface area contributed by atoms with Crippen LogP contribution in [0, 0.1) is 5.41 Å². The first kappa shape index (κ1) is 13.3. The first-order valence-electron chi connectivity index (χ1n) is 5.83. The fourth-order valence-electron chi connectivity index (χ4n) is 2.24. The SMILES string of the molecule is CN1C(=O)N(CC(C)(C)N)CC1C(C)(C)C. The zero-order chi connectivity index (χ0) is 12.7. The summed E-state index contributed by atoms with van der Waals surface area (Å²) < 4.78 is 0. The molecule has 1 aliphatic heterocycles. The van der Waals surface area contributed by atoms with Crippen LogP contribution in [0.5, 0.6) is 0 Å². The summed E-state index contributed by atoms with van der Waals surface area (Å²) in [5.74, 6) is 0. The van der Waals surface area contributed by atoms with Crippen molar-refractivity contribution in [3.05, 3.63) is 0 Å². The molecule has 0 saturated carbocycles. The predicted molar refractivity (Wildman–Crippen MR) is 66.2 cm³/mol. The third-order valence-electron chi connectivity index (χ3n) is 3.03. The summed E-state index contributed by atoms with van der Waals surface area (Å²) in [5.41, 5.74) is 5.74. The normalized spacial score (nSPS) is 23.2. The van der Waals surface area contributed by atoms with E-state index in [4.69, 9.17) is 5.73 Å². The van der Waals surface area contributed by atoms with Crippen LogP contribution in [0.1, 0.15) is 34.6 Å². The number of likely N-dealkylation sites (N-methyl/N-ethyl adjacent to an activating group) is 1. The Labute approximate surface area is 98.8 Å². The van der Waals surface area contributed by atoms with Gasteiger partial charge in [-0.25, -0.2) is 4.79 Å². The maximum atomic E-state index is 12.0. The molecule has 1 heterocycles. The summed E-state index contributed by atoms with van der Waals surface area (Å²) in [7, 11) is 1.88. The topological polar surface area (TPSA) is 49.6 Å². The zero-order valence-corrected chi connectivity index (χ0v) is 11.4. The summed E-state index contributed by atoms with van der Waals surface area (Å²) >= 11 is 0. The second-order valence-electron chi connectivity index (χ2n) is 6.64. The van der Waals surface area contributed by atoms with Crippen molar-refractivity contribution in [1.29, 1.82) is 0 Å². The first-order chi connectivity index (χ1) is 7.02. The summed E-state index contributed by atoms with van der Waals surface area (Å²) in [4.78, 5) is 15.7. The van der Waals surface area contributed by atoms with E-state index in [9.17, 15) is 4.79 Å². The van der Waals surface area contributed by atoms with Gasteiger partial charge in [0.25, 0.3) is 0 Å². The van der Waals surface area contributed by atoms with Crippen molar-refractivity contribution in [2.75, 3.05) is 20.1 Å². The molecule has 94 valence electrons. The average Bonchev–Trinajstić information content (AvgIpc) is 2.28. The third-order valence-corrected chi connectivity index (χ3v) is 3.03. The number of amides is 2. The van der Waals surface area contributed by atoms with E-state index in [-0.39, 0.29) is 23.0 Å². The summed E-state index contributed by atoms with van der Waals surface area (Å²) in [6.45, 7) is 11.8. The number of carbonyl (C=O) groups excluding carboxylic acids is 1. The van der Waals surface area contributed by atoms with Gasteiger partial charge in [0.05, 0.1) is 6.04 Å². The third kappa shape index (κ3) is 2.88. The number of nitrogens with zero attached hydrogens (tertiary/aromatic N) is 2. The van der Waals surface area contributed by atoms with Crippen LogP contribution in [-0.2, 0) is 0 Å². The summed E-state index contributed by atoms with van der Waals surface area (Å²) in [6.07, 6.45) is 0. The lowest BCUT2D eigenvalue weighted by molar-refractivity contribution is 0.172. The van der Waals surface area contributed by atoms with Gasteiger partial charge < -0.3 is 15.5 Å². The van der Waals surface area contributed by atoms with Gasteiger partial charge in [-0.05, 0) is 19.3 Å². The Balaban J connectivity index is 2.77. The molecule has 4 heteroatoms. The van der Waals surface area contributed by atoms with Crippen LogP contribution >= 0.6 is 0 Å². The number of rotatable bonds is 2. The largest absolute Gasteiger partial charge is 0.324 e. The number of carbonyl (C=O) groups is 1. The van der Waals surface area contributed by atoms with Gasteiger partial charge in [0.15, 0.2) is 0 Å². The van der Waals surface area contributed by atoms with Gasteiger partial charge in [-0.2, -0.15) is 0 Å². The van der Waals surface area contributed by atoms with Crippen molar-refractivity contribution < 1.29 is 4.79 Å². The molecule has 0 aromatic carbocycles. The van der Waals surface area contributed by atoms with Crippen molar-refractivity contribution in [2.24, 2.45) is 11.1 Å². The molecule has 1 unspecified atom stereocenters. The molecule has 2 amide bonds. The van der Waals surface area contributed by atoms with E-state index in [1.807, 2.05) is 30.7 Å². The summed E-state index contributed by atoms with van der Waals surface area (Å²) in [6, 6.07) is 0.362.